The fourth-order valence-electron chi connectivity index (χ4n) is 7.11. The van der Waals surface area contributed by atoms with Gasteiger partial charge in [-0.15, -0.1) is 0 Å². The molecule has 1 atom stereocenters. The smallest absolute Gasteiger partial charge is 0.254 e. The summed E-state index contributed by atoms with van der Waals surface area (Å²) < 4.78 is 27.4. The van der Waals surface area contributed by atoms with E-state index in [0.29, 0.717) is 47.2 Å². The Hall–Kier alpha value is -3.72. The normalized spacial score (nSPS) is 23.4. The van der Waals surface area contributed by atoms with E-state index in [2.05, 4.69) is 29.0 Å². The largest absolute Gasteiger partial charge is 0.448 e. The Kier molecular flexibility index (Phi) is 7.12. The van der Waals surface area contributed by atoms with E-state index < -0.39 is 11.7 Å². The molecule has 1 amide bonds. The minimum atomic E-state index is -0.883. The van der Waals surface area contributed by atoms with E-state index in [1.807, 2.05) is 33.8 Å². The van der Waals surface area contributed by atoms with Gasteiger partial charge < -0.3 is 24.3 Å². The summed E-state index contributed by atoms with van der Waals surface area (Å²) in [6, 6.07) is 5.47. The highest BCUT2D eigenvalue weighted by Gasteiger charge is 2.49. The number of hydrogen-bond acceptors (Lipinski definition) is 6. The van der Waals surface area contributed by atoms with Crippen molar-refractivity contribution in [2.45, 2.75) is 78.2 Å². The van der Waals surface area contributed by atoms with Crippen molar-refractivity contribution in [2.75, 3.05) is 20.6 Å². The number of carbonyl (C=O) groups excluding carboxylic acids is 1. The molecule has 2 aliphatic heterocycles. The van der Waals surface area contributed by atoms with E-state index >= 15 is 0 Å². The van der Waals surface area contributed by atoms with Crippen LogP contribution >= 0.6 is 0 Å². The van der Waals surface area contributed by atoms with Gasteiger partial charge in [0.05, 0.1) is 12.1 Å². The number of H-pyrrole nitrogens is 1. The first-order valence-electron chi connectivity index (χ1n) is 14.8. The van der Waals surface area contributed by atoms with Crippen LogP contribution in [0.1, 0.15) is 70.9 Å². The van der Waals surface area contributed by atoms with E-state index in [1.165, 1.54) is 12.3 Å². The van der Waals surface area contributed by atoms with Crippen LogP contribution < -0.4 is 15.0 Å². The van der Waals surface area contributed by atoms with Crippen LogP contribution in [0.4, 0.5) is 4.39 Å². The van der Waals surface area contributed by atoms with Crippen LogP contribution in [-0.2, 0) is 13.0 Å². The first-order valence-corrected chi connectivity index (χ1v) is 14.8. The number of hydrogen-bond donors (Lipinski definition) is 1. The zero-order chi connectivity index (χ0) is 29.9. The van der Waals surface area contributed by atoms with Crippen LogP contribution in [-0.4, -0.2) is 58.1 Å². The summed E-state index contributed by atoms with van der Waals surface area (Å²) in [7, 11) is 4.25. The lowest BCUT2D eigenvalue weighted by atomic mass is 9.81. The summed E-state index contributed by atoms with van der Waals surface area (Å²) in [5, 5.41) is 0. The number of aryl methyl sites for hydroxylation is 2. The molecule has 9 heteroatoms. The molecule has 3 aliphatic rings. The Balaban J connectivity index is 1.41. The van der Waals surface area contributed by atoms with Crippen LogP contribution in [0, 0.1) is 32.6 Å². The van der Waals surface area contributed by atoms with Gasteiger partial charge in [0.15, 0.2) is 11.5 Å². The molecule has 0 spiro atoms. The summed E-state index contributed by atoms with van der Waals surface area (Å²) in [5.41, 5.74) is 5.61. The third-order valence-corrected chi connectivity index (χ3v) is 9.52. The van der Waals surface area contributed by atoms with Crippen molar-refractivity contribution in [1.82, 2.24) is 19.8 Å². The fraction of sp³-hybridized carbons (Fsp3) is 0.485. The van der Waals surface area contributed by atoms with Gasteiger partial charge in [0.25, 0.3) is 17.3 Å². The number of rotatable bonds is 5. The van der Waals surface area contributed by atoms with E-state index in [4.69, 9.17) is 9.47 Å². The molecule has 1 fully saturated rings. The number of carbonyl (C=O) groups is 1. The van der Waals surface area contributed by atoms with Crippen molar-refractivity contribution in [3.8, 4) is 22.6 Å². The van der Waals surface area contributed by atoms with Crippen LogP contribution in [0.5, 0.6) is 11.5 Å². The number of aromatic amines is 1. The monoisotopic (exact) mass is 574 g/mol. The lowest BCUT2D eigenvalue weighted by Gasteiger charge is -2.39. The van der Waals surface area contributed by atoms with Crippen molar-refractivity contribution >= 4 is 5.91 Å². The van der Waals surface area contributed by atoms with Crippen LogP contribution in [0.25, 0.3) is 11.1 Å². The SMILES string of the molecule is Cc1cc(C)c(CN2CCc3c(c(C)c4c(c3-c3ccc(F)nc3)O[C@@](C)([C@H]3CC[C@H](N(C)C)CC3)O4)C2=O)c(=O)[nH]1. The predicted octanol–water partition coefficient (Wildman–Crippen LogP) is 5.31. The summed E-state index contributed by atoms with van der Waals surface area (Å²) in [6.45, 7) is 8.31. The maximum atomic E-state index is 14.2. The van der Waals surface area contributed by atoms with Gasteiger partial charge in [0.2, 0.25) is 5.95 Å². The van der Waals surface area contributed by atoms with Gasteiger partial charge in [-0.2, -0.15) is 4.39 Å². The summed E-state index contributed by atoms with van der Waals surface area (Å²) in [6.07, 6.45) is 6.11. The average Bonchev–Trinajstić information content (AvgIpc) is 3.31. The Labute approximate surface area is 245 Å². The molecule has 222 valence electrons. The van der Waals surface area contributed by atoms with Crippen LogP contribution in [0.3, 0.4) is 0 Å². The highest BCUT2D eigenvalue weighted by molar-refractivity contribution is 6.02. The summed E-state index contributed by atoms with van der Waals surface area (Å²) in [5.74, 6) is -0.270. The highest BCUT2D eigenvalue weighted by atomic mass is 19.1. The molecule has 1 saturated carbocycles. The van der Waals surface area contributed by atoms with E-state index in [-0.39, 0.29) is 23.9 Å². The van der Waals surface area contributed by atoms with Gasteiger partial charge in [-0.3, -0.25) is 9.59 Å². The topological polar surface area (TPSA) is 87.8 Å². The second-order valence-corrected chi connectivity index (χ2v) is 12.5. The maximum Gasteiger partial charge on any atom is 0.254 e. The molecule has 4 heterocycles. The second-order valence-electron chi connectivity index (χ2n) is 12.5. The molecule has 6 rings (SSSR count). The molecule has 42 heavy (non-hydrogen) atoms. The molecule has 0 radical (unpaired) electrons. The number of nitrogens with one attached hydrogen (secondary N) is 1. The third-order valence-electron chi connectivity index (χ3n) is 9.52. The number of ether oxygens (including phenoxy) is 2. The lowest BCUT2D eigenvalue weighted by Crippen LogP contribution is -2.46. The molecule has 8 nitrogen and oxygen atoms in total. The van der Waals surface area contributed by atoms with E-state index in [1.54, 1.807) is 11.0 Å². The first-order chi connectivity index (χ1) is 20.0. The van der Waals surface area contributed by atoms with E-state index in [0.717, 1.165) is 53.6 Å². The van der Waals surface area contributed by atoms with Gasteiger partial charge in [-0.1, -0.05) is 0 Å². The third kappa shape index (κ3) is 4.77. The zero-order valence-corrected chi connectivity index (χ0v) is 25.3. The second kappa shape index (κ2) is 10.5. The summed E-state index contributed by atoms with van der Waals surface area (Å²) in [4.78, 5) is 37.7. The molecule has 1 aromatic carbocycles. The molecule has 2 aromatic heterocycles. The van der Waals surface area contributed by atoms with Crippen molar-refractivity contribution in [3.05, 3.63) is 74.2 Å². The Morgan fingerprint density at radius 3 is 2.43 bits per heavy atom. The van der Waals surface area contributed by atoms with Crippen molar-refractivity contribution in [1.29, 1.82) is 0 Å². The van der Waals surface area contributed by atoms with Crippen molar-refractivity contribution in [2.24, 2.45) is 5.92 Å². The highest BCUT2D eigenvalue weighted by Crippen LogP contribution is 2.55. The molecule has 1 N–H and O–H groups in total. The molecule has 0 unspecified atom stereocenters. The van der Waals surface area contributed by atoms with Gasteiger partial charge in [-0.25, -0.2) is 4.98 Å². The Morgan fingerprint density at radius 1 is 1.07 bits per heavy atom. The average molecular weight is 575 g/mol. The van der Waals surface area contributed by atoms with E-state index in [9.17, 15) is 14.0 Å². The fourth-order valence-corrected chi connectivity index (χ4v) is 7.11. The van der Waals surface area contributed by atoms with Gasteiger partial charge in [0.1, 0.15) is 0 Å². The van der Waals surface area contributed by atoms with Crippen LogP contribution in [0.2, 0.25) is 0 Å². The molecular formula is C33H39FN4O4. The molecular weight excluding hydrogens is 535 g/mol. The van der Waals surface area contributed by atoms with Gasteiger partial charge in [0, 0.05) is 59.6 Å². The molecule has 0 saturated heterocycles. The maximum absolute atomic E-state index is 14.2. The van der Waals surface area contributed by atoms with Crippen LogP contribution in [0.15, 0.2) is 29.2 Å². The van der Waals surface area contributed by atoms with Gasteiger partial charge >= 0.3 is 0 Å². The Bertz CT molecular complexity index is 1610. The summed E-state index contributed by atoms with van der Waals surface area (Å²) >= 11 is 0. The minimum Gasteiger partial charge on any atom is -0.448 e. The van der Waals surface area contributed by atoms with Gasteiger partial charge in [-0.05, 0) is 96.3 Å². The minimum absolute atomic E-state index is 0.157. The predicted molar refractivity (Wildman–Crippen MR) is 158 cm³/mol. The molecule has 0 bridgehead atoms. The number of amides is 1. The Morgan fingerprint density at radius 2 is 1.79 bits per heavy atom. The van der Waals surface area contributed by atoms with Crippen molar-refractivity contribution < 1.29 is 18.7 Å². The zero-order valence-electron chi connectivity index (χ0n) is 25.3. The van der Waals surface area contributed by atoms with Crippen molar-refractivity contribution in [3.63, 3.8) is 0 Å². The quantitative estimate of drug-likeness (QED) is 0.416. The molecule has 1 aliphatic carbocycles. The number of benzene rings is 1. The number of nitrogens with zero attached hydrogens (tertiary/aromatic N) is 3. The first kappa shape index (κ1) is 28.4. The number of fused-ring (bicyclic) bond motifs is 2. The number of pyridine rings is 2. The molecule has 3 aromatic rings. The lowest BCUT2D eigenvalue weighted by molar-refractivity contribution is -0.123. The standard InChI is InChI=1S/C33H39FN4O4/c1-18-15-19(2)36-31(39)25(18)17-38-14-13-24-27(32(38)40)20(3)29-30(28(24)21-7-12-26(34)35-16-21)42-33(4,41-29)22-8-10-23(11-9-22)37(5)6/h7,12,15-16,22-23H,8-11,13-14,17H2,1-6H3,(H,36,39)/t22-,23-,33-/m0/s1. The number of aromatic nitrogens is 2. The number of halogens is 1.